The Hall–Kier alpha value is -1.75. The Morgan fingerprint density at radius 1 is 1.25 bits per heavy atom. The summed E-state index contributed by atoms with van der Waals surface area (Å²) >= 11 is 1.55. The molecule has 1 aromatic heterocycles. The largest absolute Gasteiger partial charge is 0.441 e. The minimum atomic E-state index is -0.195. The number of rotatable bonds is 6. The van der Waals surface area contributed by atoms with Gasteiger partial charge in [0.1, 0.15) is 5.76 Å². The van der Waals surface area contributed by atoms with Gasteiger partial charge in [0.25, 0.3) is 0 Å². The molecule has 2 rings (SSSR count). The van der Waals surface area contributed by atoms with Crippen LogP contribution in [0.4, 0.5) is 0 Å². The van der Waals surface area contributed by atoms with Crippen molar-refractivity contribution >= 4 is 17.7 Å². The van der Waals surface area contributed by atoms with Gasteiger partial charge in [-0.05, 0) is 51.8 Å². The number of nitrogens with one attached hydrogen (secondary N) is 1. The number of oxazole rings is 1. The van der Waals surface area contributed by atoms with E-state index < -0.39 is 0 Å². The molecule has 0 radical (unpaired) electrons. The highest BCUT2D eigenvalue weighted by Crippen LogP contribution is 2.24. The molecular formula is C19H26N2O2S. The maximum absolute atomic E-state index is 11.8. The van der Waals surface area contributed by atoms with Crippen molar-refractivity contribution in [1.82, 2.24) is 10.3 Å². The SMILES string of the molecule is CCc1ccc(-c2nc(CSCC(=O)NC(C)(C)C)c(C)o2)cc1. The quantitative estimate of drug-likeness (QED) is 0.844. The summed E-state index contributed by atoms with van der Waals surface area (Å²) in [6.45, 7) is 9.99. The summed E-state index contributed by atoms with van der Waals surface area (Å²) in [6, 6.07) is 8.27. The van der Waals surface area contributed by atoms with E-state index in [0.29, 0.717) is 17.4 Å². The van der Waals surface area contributed by atoms with Crippen LogP contribution in [0.25, 0.3) is 11.5 Å². The van der Waals surface area contributed by atoms with E-state index in [4.69, 9.17) is 4.42 Å². The van der Waals surface area contributed by atoms with Gasteiger partial charge in [-0.3, -0.25) is 4.79 Å². The van der Waals surface area contributed by atoms with Crippen LogP contribution in [0.15, 0.2) is 28.7 Å². The molecular weight excluding hydrogens is 320 g/mol. The third kappa shape index (κ3) is 5.41. The fourth-order valence-corrected chi connectivity index (χ4v) is 3.08. The minimum Gasteiger partial charge on any atom is -0.441 e. The van der Waals surface area contributed by atoms with E-state index in [2.05, 4.69) is 29.4 Å². The van der Waals surface area contributed by atoms with E-state index in [-0.39, 0.29) is 11.4 Å². The van der Waals surface area contributed by atoms with Crippen molar-refractivity contribution < 1.29 is 9.21 Å². The van der Waals surface area contributed by atoms with Crippen LogP contribution in [0.1, 0.15) is 44.7 Å². The van der Waals surface area contributed by atoms with E-state index in [1.165, 1.54) is 5.56 Å². The van der Waals surface area contributed by atoms with Gasteiger partial charge in [0.15, 0.2) is 0 Å². The van der Waals surface area contributed by atoms with Gasteiger partial charge in [0.05, 0.1) is 11.4 Å². The topological polar surface area (TPSA) is 55.1 Å². The first kappa shape index (κ1) is 18.6. The molecule has 1 amide bonds. The first-order valence-corrected chi connectivity index (χ1v) is 9.38. The van der Waals surface area contributed by atoms with Gasteiger partial charge < -0.3 is 9.73 Å². The molecule has 0 bridgehead atoms. The molecule has 0 unspecified atom stereocenters. The molecule has 130 valence electrons. The normalized spacial score (nSPS) is 11.5. The van der Waals surface area contributed by atoms with Gasteiger partial charge in [-0.1, -0.05) is 19.1 Å². The summed E-state index contributed by atoms with van der Waals surface area (Å²) in [4.78, 5) is 16.4. The third-order valence-electron chi connectivity index (χ3n) is 3.49. The molecule has 0 fully saturated rings. The molecule has 1 N–H and O–H groups in total. The van der Waals surface area contributed by atoms with Crippen LogP contribution < -0.4 is 5.32 Å². The Labute approximate surface area is 148 Å². The number of aryl methyl sites for hydroxylation is 2. The Kier molecular flexibility index (Phi) is 6.10. The van der Waals surface area contributed by atoms with Crippen molar-refractivity contribution in [2.45, 2.75) is 52.3 Å². The number of carbonyl (C=O) groups is 1. The molecule has 0 saturated carbocycles. The molecule has 0 aliphatic rings. The standard InChI is InChI=1S/C19H26N2O2S/c1-6-14-7-9-15(10-8-14)18-20-16(13(2)23-18)11-24-12-17(22)21-19(3,4)5/h7-10H,6,11-12H2,1-5H3,(H,21,22). The highest BCUT2D eigenvalue weighted by molar-refractivity contribution is 7.99. The summed E-state index contributed by atoms with van der Waals surface area (Å²) in [5, 5.41) is 2.96. The average molecular weight is 346 g/mol. The summed E-state index contributed by atoms with van der Waals surface area (Å²) in [5.74, 6) is 2.59. The number of benzene rings is 1. The lowest BCUT2D eigenvalue weighted by molar-refractivity contribution is -0.119. The molecule has 1 aromatic carbocycles. The molecule has 0 atom stereocenters. The van der Waals surface area contributed by atoms with Crippen LogP contribution in [-0.4, -0.2) is 22.2 Å². The van der Waals surface area contributed by atoms with Crippen molar-refractivity contribution in [1.29, 1.82) is 0 Å². The van der Waals surface area contributed by atoms with Gasteiger partial charge >= 0.3 is 0 Å². The van der Waals surface area contributed by atoms with Crippen LogP contribution >= 0.6 is 11.8 Å². The predicted octanol–water partition coefficient (Wildman–Crippen LogP) is 4.36. The second-order valence-corrected chi connectivity index (χ2v) is 7.85. The van der Waals surface area contributed by atoms with Crippen LogP contribution in [0.3, 0.4) is 0 Å². The van der Waals surface area contributed by atoms with E-state index in [1.807, 2.05) is 39.8 Å². The summed E-state index contributed by atoms with van der Waals surface area (Å²) < 4.78 is 5.79. The first-order chi connectivity index (χ1) is 11.3. The Balaban J connectivity index is 1.95. The lowest BCUT2D eigenvalue weighted by Gasteiger charge is -2.20. The van der Waals surface area contributed by atoms with Gasteiger partial charge in [0, 0.05) is 16.9 Å². The molecule has 0 aliphatic carbocycles. The van der Waals surface area contributed by atoms with Crippen molar-refractivity contribution in [2.24, 2.45) is 0 Å². The zero-order valence-corrected chi connectivity index (χ0v) is 15.9. The molecule has 2 aromatic rings. The monoisotopic (exact) mass is 346 g/mol. The third-order valence-corrected chi connectivity index (χ3v) is 4.43. The number of amides is 1. The Morgan fingerprint density at radius 2 is 1.92 bits per heavy atom. The molecule has 1 heterocycles. The maximum Gasteiger partial charge on any atom is 0.230 e. The van der Waals surface area contributed by atoms with Crippen LogP contribution in [-0.2, 0) is 17.0 Å². The van der Waals surface area contributed by atoms with E-state index >= 15 is 0 Å². The lowest BCUT2D eigenvalue weighted by atomic mass is 10.1. The summed E-state index contributed by atoms with van der Waals surface area (Å²) in [6.07, 6.45) is 1.02. The molecule has 0 saturated heterocycles. The van der Waals surface area contributed by atoms with Crippen LogP contribution in [0.5, 0.6) is 0 Å². The Bertz CT molecular complexity index is 684. The van der Waals surface area contributed by atoms with Gasteiger partial charge in [0.2, 0.25) is 11.8 Å². The fraction of sp³-hybridized carbons (Fsp3) is 0.474. The highest BCUT2D eigenvalue weighted by atomic mass is 32.2. The maximum atomic E-state index is 11.8. The molecule has 0 spiro atoms. The average Bonchev–Trinajstić information content (AvgIpc) is 2.87. The number of hydrogen-bond acceptors (Lipinski definition) is 4. The van der Waals surface area contributed by atoms with Crippen molar-refractivity contribution in [3.8, 4) is 11.5 Å². The van der Waals surface area contributed by atoms with Crippen molar-refractivity contribution in [2.75, 3.05) is 5.75 Å². The second-order valence-electron chi connectivity index (χ2n) is 6.86. The van der Waals surface area contributed by atoms with Crippen LogP contribution in [0.2, 0.25) is 0 Å². The second kappa shape index (κ2) is 7.88. The predicted molar refractivity (Wildman–Crippen MR) is 100 cm³/mol. The first-order valence-electron chi connectivity index (χ1n) is 8.23. The van der Waals surface area contributed by atoms with E-state index in [1.54, 1.807) is 11.8 Å². The zero-order chi connectivity index (χ0) is 17.7. The number of carbonyl (C=O) groups excluding carboxylic acids is 1. The summed E-state index contributed by atoms with van der Waals surface area (Å²) in [5.41, 5.74) is 2.98. The fourth-order valence-electron chi connectivity index (χ4n) is 2.26. The van der Waals surface area contributed by atoms with Gasteiger partial charge in [-0.25, -0.2) is 4.98 Å². The molecule has 0 aliphatic heterocycles. The van der Waals surface area contributed by atoms with Gasteiger partial charge in [-0.2, -0.15) is 0 Å². The van der Waals surface area contributed by atoms with Crippen molar-refractivity contribution in [3.63, 3.8) is 0 Å². The van der Waals surface area contributed by atoms with Crippen LogP contribution in [0, 0.1) is 6.92 Å². The van der Waals surface area contributed by atoms with E-state index in [9.17, 15) is 4.79 Å². The minimum absolute atomic E-state index is 0.0454. The number of thioether (sulfide) groups is 1. The van der Waals surface area contributed by atoms with Crippen molar-refractivity contribution in [3.05, 3.63) is 41.3 Å². The summed E-state index contributed by atoms with van der Waals surface area (Å²) in [7, 11) is 0. The lowest BCUT2D eigenvalue weighted by Crippen LogP contribution is -2.41. The number of nitrogens with zero attached hydrogens (tertiary/aromatic N) is 1. The van der Waals surface area contributed by atoms with E-state index in [0.717, 1.165) is 23.4 Å². The Morgan fingerprint density at radius 3 is 2.50 bits per heavy atom. The molecule has 24 heavy (non-hydrogen) atoms. The number of aromatic nitrogens is 1. The van der Waals surface area contributed by atoms with Gasteiger partial charge in [-0.15, -0.1) is 11.8 Å². The highest BCUT2D eigenvalue weighted by Gasteiger charge is 2.15. The molecule has 4 nitrogen and oxygen atoms in total. The smallest absolute Gasteiger partial charge is 0.230 e. The zero-order valence-electron chi connectivity index (χ0n) is 15.1. The number of hydrogen-bond donors (Lipinski definition) is 1. The molecule has 5 heteroatoms.